The molecule has 0 saturated carbocycles. The quantitative estimate of drug-likeness (QED) is 0.756. The number of ether oxygens (including phenoxy) is 1. The Kier molecular flexibility index (Phi) is 6.35. The van der Waals surface area contributed by atoms with Gasteiger partial charge in [-0.2, -0.15) is 0 Å². The first-order valence-corrected chi connectivity index (χ1v) is 9.63. The standard InChI is InChI=1S/C19H23N3O3S/c1-2-25-17(23)10-16-11-20-19(26-16)21-18(24)15-8-9-22(13-15)12-14-6-4-3-5-7-14/h3-7,11,15H,2,8-10,12-13H2,1H3,(H,20,21,24)/t15-/m0/s1. The van der Waals surface area contributed by atoms with Crippen LogP contribution in [-0.4, -0.2) is 41.5 Å². The van der Waals surface area contributed by atoms with Crippen LogP contribution in [0.25, 0.3) is 0 Å². The third-order valence-corrected chi connectivity index (χ3v) is 5.21. The number of nitrogens with one attached hydrogen (secondary N) is 1. The average Bonchev–Trinajstić information content (AvgIpc) is 3.26. The fourth-order valence-electron chi connectivity index (χ4n) is 3.04. The molecule has 3 rings (SSSR count). The fourth-order valence-corrected chi connectivity index (χ4v) is 3.84. The number of carbonyl (C=O) groups is 2. The normalized spacial score (nSPS) is 17.2. The van der Waals surface area contributed by atoms with Crippen LogP contribution in [0.2, 0.25) is 0 Å². The van der Waals surface area contributed by atoms with Crippen molar-refractivity contribution in [3.05, 3.63) is 47.0 Å². The molecule has 26 heavy (non-hydrogen) atoms. The molecular weight excluding hydrogens is 350 g/mol. The summed E-state index contributed by atoms with van der Waals surface area (Å²) in [6.07, 6.45) is 2.66. The highest BCUT2D eigenvalue weighted by atomic mass is 32.1. The highest BCUT2D eigenvalue weighted by molar-refractivity contribution is 7.15. The molecule has 1 aliphatic heterocycles. The number of anilines is 1. The SMILES string of the molecule is CCOC(=O)Cc1cnc(NC(=O)[C@H]2CCN(Cc3ccccc3)C2)s1. The third kappa shape index (κ3) is 5.12. The number of benzene rings is 1. The van der Waals surface area contributed by atoms with Crippen LogP contribution in [0.5, 0.6) is 0 Å². The Balaban J connectivity index is 1.48. The zero-order valence-corrected chi connectivity index (χ0v) is 15.6. The summed E-state index contributed by atoms with van der Waals surface area (Å²) in [5.41, 5.74) is 1.26. The molecule has 1 atom stereocenters. The van der Waals surface area contributed by atoms with Gasteiger partial charge in [0.25, 0.3) is 0 Å². The topological polar surface area (TPSA) is 71.5 Å². The largest absolute Gasteiger partial charge is 0.466 e. The van der Waals surface area contributed by atoms with Crippen molar-refractivity contribution in [3.63, 3.8) is 0 Å². The summed E-state index contributed by atoms with van der Waals surface area (Å²) in [5.74, 6) is -0.310. The molecule has 2 aromatic rings. The summed E-state index contributed by atoms with van der Waals surface area (Å²) in [6, 6.07) is 10.3. The van der Waals surface area contributed by atoms with Gasteiger partial charge in [0.15, 0.2) is 5.13 Å². The molecule has 0 bridgehead atoms. The van der Waals surface area contributed by atoms with E-state index in [1.807, 2.05) is 18.2 Å². The predicted octanol–water partition coefficient (Wildman–Crippen LogP) is 2.71. The van der Waals surface area contributed by atoms with Gasteiger partial charge in [-0.3, -0.25) is 14.5 Å². The van der Waals surface area contributed by atoms with Gasteiger partial charge in [0.05, 0.1) is 18.9 Å². The van der Waals surface area contributed by atoms with Crippen molar-refractivity contribution >= 4 is 28.3 Å². The van der Waals surface area contributed by atoms with Gasteiger partial charge in [-0.25, -0.2) is 4.98 Å². The van der Waals surface area contributed by atoms with E-state index in [4.69, 9.17) is 4.74 Å². The van der Waals surface area contributed by atoms with Crippen molar-refractivity contribution in [2.75, 3.05) is 25.0 Å². The Labute approximate surface area is 157 Å². The molecule has 0 spiro atoms. The number of carbonyl (C=O) groups excluding carboxylic acids is 2. The number of rotatable bonds is 7. The van der Waals surface area contributed by atoms with Gasteiger partial charge >= 0.3 is 5.97 Å². The molecule has 1 N–H and O–H groups in total. The lowest BCUT2D eigenvalue weighted by Crippen LogP contribution is -2.26. The Morgan fingerprint density at radius 2 is 2.15 bits per heavy atom. The second-order valence-corrected chi connectivity index (χ2v) is 7.42. The van der Waals surface area contributed by atoms with Crippen LogP contribution in [0.1, 0.15) is 23.8 Å². The lowest BCUT2D eigenvalue weighted by Gasteiger charge is -2.15. The van der Waals surface area contributed by atoms with E-state index in [0.29, 0.717) is 11.7 Å². The van der Waals surface area contributed by atoms with Crippen molar-refractivity contribution < 1.29 is 14.3 Å². The monoisotopic (exact) mass is 373 g/mol. The van der Waals surface area contributed by atoms with E-state index in [1.54, 1.807) is 13.1 Å². The average molecular weight is 373 g/mol. The molecule has 7 heteroatoms. The van der Waals surface area contributed by atoms with Crippen LogP contribution in [0.4, 0.5) is 5.13 Å². The Morgan fingerprint density at radius 3 is 2.92 bits per heavy atom. The molecule has 0 radical (unpaired) electrons. The molecule has 1 saturated heterocycles. The van der Waals surface area contributed by atoms with Gasteiger partial charge in [-0.15, -0.1) is 11.3 Å². The maximum absolute atomic E-state index is 12.5. The second kappa shape index (κ2) is 8.91. The van der Waals surface area contributed by atoms with Gasteiger partial charge in [0.1, 0.15) is 0 Å². The van der Waals surface area contributed by atoms with Crippen LogP contribution >= 0.6 is 11.3 Å². The maximum atomic E-state index is 12.5. The van der Waals surface area contributed by atoms with Gasteiger partial charge in [0.2, 0.25) is 5.91 Å². The van der Waals surface area contributed by atoms with Crippen molar-refractivity contribution in [2.24, 2.45) is 5.92 Å². The Bertz CT molecular complexity index is 747. The van der Waals surface area contributed by atoms with Crippen LogP contribution in [0.15, 0.2) is 36.5 Å². The highest BCUT2D eigenvalue weighted by Gasteiger charge is 2.28. The number of esters is 1. The number of hydrogen-bond acceptors (Lipinski definition) is 6. The number of thiazole rings is 1. The van der Waals surface area contributed by atoms with Gasteiger partial charge in [-0.05, 0) is 25.5 Å². The lowest BCUT2D eigenvalue weighted by molar-refractivity contribution is -0.142. The highest BCUT2D eigenvalue weighted by Crippen LogP contribution is 2.23. The van der Waals surface area contributed by atoms with E-state index >= 15 is 0 Å². The first kappa shape index (κ1) is 18.5. The first-order valence-electron chi connectivity index (χ1n) is 8.81. The molecule has 0 unspecified atom stereocenters. The van der Waals surface area contributed by atoms with Gasteiger partial charge in [0, 0.05) is 24.2 Å². The summed E-state index contributed by atoms with van der Waals surface area (Å²) < 4.78 is 4.93. The summed E-state index contributed by atoms with van der Waals surface area (Å²) >= 11 is 1.32. The van der Waals surface area contributed by atoms with Gasteiger partial charge < -0.3 is 10.1 Å². The molecule has 2 heterocycles. The molecule has 138 valence electrons. The van der Waals surface area contributed by atoms with E-state index in [2.05, 4.69) is 27.3 Å². The minimum atomic E-state index is -0.277. The second-order valence-electron chi connectivity index (χ2n) is 6.31. The first-order chi connectivity index (χ1) is 12.6. The van der Waals surface area contributed by atoms with Crippen LogP contribution in [-0.2, 0) is 27.3 Å². The Morgan fingerprint density at radius 1 is 1.35 bits per heavy atom. The number of amides is 1. The number of hydrogen-bond donors (Lipinski definition) is 1. The van der Waals surface area contributed by atoms with E-state index in [9.17, 15) is 9.59 Å². The summed E-state index contributed by atoms with van der Waals surface area (Å²) in [5, 5.41) is 3.42. The van der Waals surface area contributed by atoms with Crippen molar-refractivity contribution in [1.82, 2.24) is 9.88 Å². The molecule has 0 aliphatic carbocycles. The zero-order valence-electron chi connectivity index (χ0n) is 14.8. The molecule has 1 fully saturated rings. The fraction of sp³-hybridized carbons (Fsp3) is 0.421. The third-order valence-electron chi connectivity index (χ3n) is 4.30. The maximum Gasteiger partial charge on any atom is 0.311 e. The minimum absolute atomic E-state index is 0.00223. The van der Waals surface area contributed by atoms with E-state index in [1.165, 1.54) is 16.9 Å². The van der Waals surface area contributed by atoms with Crippen LogP contribution < -0.4 is 5.32 Å². The number of likely N-dealkylation sites (tertiary alicyclic amines) is 1. The molecule has 1 aromatic heterocycles. The van der Waals surface area contributed by atoms with Crippen molar-refractivity contribution in [2.45, 2.75) is 26.3 Å². The lowest BCUT2D eigenvalue weighted by atomic mass is 10.1. The smallest absolute Gasteiger partial charge is 0.311 e. The number of aromatic nitrogens is 1. The van der Waals surface area contributed by atoms with Crippen LogP contribution in [0.3, 0.4) is 0 Å². The summed E-state index contributed by atoms with van der Waals surface area (Å²) in [7, 11) is 0. The van der Waals surface area contributed by atoms with E-state index in [0.717, 1.165) is 30.9 Å². The predicted molar refractivity (Wildman–Crippen MR) is 101 cm³/mol. The van der Waals surface area contributed by atoms with Crippen molar-refractivity contribution in [3.8, 4) is 0 Å². The van der Waals surface area contributed by atoms with E-state index < -0.39 is 0 Å². The summed E-state index contributed by atoms with van der Waals surface area (Å²) in [6.45, 7) is 4.67. The van der Waals surface area contributed by atoms with E-state index in [-0.39, 0.29) is 24.2 Å². The van der Waals surface area contributed by atoms with Gasteiger partial charge in [-0.1, -0.05) is 30.3 Å². The summed E-state index contributed by atoms with van der Waals surface area (Å²) in [4.78, 5) is 31.3. The van der Waals surface area contributed by atoms with Crippen LogP contribution in [0, 0.1) is 5.92 Å². The minimum Gasteiger partial charge on any atom is -0.466 e. The molecular formula is C19H23N3O3S. The molecule has 1 amide bonds. The zero-order chi connectivity index (χ0) is 18.4. The molecule has 1 aliphatic rings. The molecule has 1 aromatic carbocycles. The Hall–Kier alpha value is -2.25. The number of nitrogens with zero attached hydrogens (tertiary/aromatic N) is 2. The molecule has 6 nitrogen and oxygen atoms in total. The van der Waals surface area contributed by atoms with Crippen molar-refractivity contribution in [1.29, 1.82) is 0 Å².